The van der Waals surface area contributed by atoms with Crippen LogP contribution in [0.25, 0.3) is 6.08 Å². The zero-order valence-corrected chi connectivity index (χ0v) is 8.50. The predicted molar refractivity (Wildman–Crippen MR) is 55.5 cm³/mol. The average molecular weight is 179 g/mol. The van der Waals surface area contributed by atoms with Crippen LogP contribution in [0.2, 0.25) is 0 Å². The molecule has 1 unspecified atom stereocenters. The minimum absolute atomic E-state index is 0.412. The van der Waals surface area contributed by atoms with Gasteiger partial charge in [-0.1, -0.05) is 12.5 Å². The maximum atomic E-state index is 5.23. The van der Waals surface area contributed by atoms with Crippen molar-refractivity contribution in [2.24, 2.45) is 0 Å². The summed E-state index contributed by atoms with van der Waals surface area (Å²) >= 11 is 0. The lowest BCUT2D eigenvalue weighted by Gasteiger charge is -2.12. The predicted octanol–water partition coefficient (Wildman–Crippen LogP) is 2.68. The van der Waals surface area contributed by atoms with Crippen LogP contribution in [0, 0.1) is 0 Å². The van der Waals surface area contributed by atoms with Gasteiger partial charge in [-0.15, -0.1) is 0 Å². The van der Waals surface area contributed by atoms with Gasteiger partial charge in [-0.2, -0.15) is 0 Å². The quantitative estimate of drug-likeness (QED) is 0.768. The highest BCUT2D eigenvalue weighted by Gasteiger charge is 2.01. The highest BCUT2D eigenvalue weighted by atomic mass is 16.3. The van der Waals surface area contributed by atoms with E-state index in [-0.39, 0.29) is 0 Å². The maximum absolute atomic E-state index is 5.23. The second-order valence-corrected chi connectivity index (χ2v) is 3.18. The summed E-state index contributed by atoms with van der Waals surface area (Å²) in [5.74, 6) is 0.919. The molecule has 1 aromatic heterocycles. The summed E-state index contributed by atoms with van der Waals surface area (Å²) in [5.41, 5.74) is 1.29. The zero-order valence-electron chi connectivity index (χ0n) is 8.50. The van der Waals surface area contributed by atoms with E-state index in [1.165, 1.54) is 5.57 Å². The van der Waals surface area contributed by atoms with Crippen molar-refractivity contribution in [2.75, 3.05) is 6.54 Å². The SMILES string of the molecule is CCNC(C)/C(C)=C/c1ccco1. The Kier molecular flexibility index (Phi) is 3.77. The van der Waals surface area contributed by atoms with E-state index in [1.54, 1.807) is 6.26 Å². The number of likely N-dealkylation sites (N-methyl/N-ethyl adjacent to an activating group) is 1. The van der Waals surface area contributed by atoms with E-state index in [2.05, 4.69) is 32.2 Å². The van der Waals surface area contributed by atoms with Crippen molar-refractivity contribution in [3.8, 4) is 0 Å². The normalized spacial score (nSPS) is 14.5. The van der Waals surface area contributed by atoms with Crippen molar-refractivity contribution in [3.05, 3.63) is 29.7 Å². The van der Waals surface area contributed by atoms with Gasteiger partial charge in [0.05, 0.1) is 6.26 Å². The first kappa shape index (κ1) is 10.1. The molecule has 72 valence electrons. The Bertz CT molecular complexity index is 262. The summed E-state index contributed by atoms with van der Waals surface area (Å²) in [6, 6.07) is 4.27. The summed E-state index contributed by atoms with van der Waals surface area (Å²) in [7, 11) is 0. The standard InChI is InChI=1S/C11H17NO/c1-4-12-10(3)9(2)8-11-6-5-7-13-11/h5-8,10,12H,4H2,1-3H3/b9-8+. The first-order chi connectivity index (χ1) is 6.24. The smallest absolute Gasteiger partial charge is 0.126 e. The summed E-state index contributed by atoms with van der Waals surface area (Å²) in [6.45, 7) is 7.36. The van der Waals surface area contributed by atoms with Gasteiger partial charge in [0.1, 0.15) is 5.76 Å². The molecule has 0 aliphatic heterocycles. The lowest BCUT2D eigenvalue weighted by Crippen LogP contribution is -2.26. The molecule has 1 rings (SSSR count). The second-order valence-electron chi connectivity index (χ2n) is 3.18. The van der Waals surface area contributed by atoms with Crippen molar-refractivity contribution in [3.63, 3.8) is 0 Å². The molecule has 2 nitrogen and oxygen atoms in total. The summed E-state index contributed by atoms with van der Waals surface area (Å²) in [4.78, 5) is 0. The van der Waals surface area contributed by atoms with Crippen molar-refractivity contribution in [1.82, 2.24) is 5.32 Å². The third-order valence-corrected chi connectivity index (χ3v) is 2.11. The van der Waals surface area contributed by atoms with Gasteiger partial charge in [0, 0.05) is 6.04 Å². The largest absolute Gasteiger partial charge is 0.465 e. The first-order valence-electron chi connectivity index (χ1n) is 4.69. The van der Waals surface area contributed by atoms with Crippen molar-refractivity contribution in [1.29, 1.82) is 0 Å². The molecule has 0 radical (unpaired) electrons. The van der Waals surface area contributed by atoms with Crippen LogP contribution in [-0.4, -0.2) is 12.6 Å². The van der Waals surface area contributed by atoms with Gasteiger partial charge >= 0.3 is 0 Å². The summed E-state index contributed by atoms with van der Waals surface area (Å²) in [5, 5.41) is 3.35. The average Bonchev–Trinajstić information content (AvgIpc) is 2.57. The maximum Gasteiger partial charge on any atom is 0.126 e. The van der Waals surface area contributed by atoms with Gasteiger partial charge in [-0.3, -0.25) is 0 Å². The molecule has 1 heterocycles. The third kappa shape index (κ3) is 3.07. The number of nitrogens with one attached hydrogen (secondary N) is 1. The highest BCUT2D eigenvalue weighted by molar-refractivity contribution is 5.47. The van der Waals surface area contributed by atoms with Gasteiger partial charge < -0.3 is 9.73 Å². The fourth-order valence-electron chi connectivity index (χ4n) is 1.19. The minimum Gasteiger partial charge on any atom is -0.465 e. The Morgan fingerprint density at radius 2 is 2.46 bits per heavy atom. The van der Waals surface area contributed by atoms with E-state index in [0.29, 0.717) is 6.04 Å². The Labute approximate surface area is 79.6 Å². The van der Waals surface area contributed by atoms with Crippen LogP contribution < -0.4 is 5.32 Å². The Balaban J connectivity index is 2.60. The molecule has 0 aromatic carbocycles. The van der Waals surface area contributed by atoms with E-state index in [4.69, 9.17) is 4.42 Å². The van der Waals surface area contributed by atoms with Gasteiger partial charge in [0.25, 0.3) is 0 Å². The van der Waals surface area contributed by atoms with E-state index in [1.807, 2.05) is 12.1 Å². The van der Waals surface area contributed by atoms with Crippen LogP contribution in [0.3, 0.4) is 0 Å². The number of rotatable bonds is 4. The van der Waals surface area contributed by atoms with Crippen LogP contribution in [0.1, 0.15) is 26.5 Å². The Morgan fingerprint density at radius 3 is 3.00 bits per heavy atom. The van der Waals surface area contributed by atoms with Crippen LogP contribution >= 0.6 is 0 Å². The van der Waals surface area contributed by atoms with Gasteiger partial charge in [0.15, 0.2) is 0 Å². The summed E-state index contributed by atoms with van der Waals surface area (Å²) < 4.78 is 5.23. The van der Waals surface area contributed by atoms with Gasteiger partial charge in [-0.25, -0.2) is 0 Å². The van der Waals surface area contributed by atoms with Gasteiger partial charge in [-0.05, 0) is 38.6 Å². The molecule has 0 amide bonds. The van der Waals surface area contributed by atoms with Crippen molar-refractivity contribution in [2.45, 2.75) is 26.8 Å². The number of hydrogen-bond donors (Lipinski definition) is 1. The molecular formula is C11H17NO. The topological polar surface area (TPSA) is 25.2 Å². The molecular weight excluding hydrogens is 162 g/mol. The summed E-state index contributed by atoms with van der Waals surface area (Å²) in [6.07, 6.45) is 3.75. The molecule has 2 heteroatoms. The number of furan rings is 1. The monoisotopic (exact) mass is 179 g/mol. The fraction of sp³-hybridized carbons (Fsp3) is 0.455. The van der Waals surface area contributed by atoms with Crippen LogP contribution in [-0.2, 0) is 0 Å². The molecule has 1 N–H and O–H groups in total. The van der Waals surface area contributed by atoms with Crippen LogP contribution in [0.15, 0.2) is 28.4 Å². The molecule has 1 aromatic rings. The molecule has 0 saturated carbocycles. The second kappa shape index (κ2) is 4.87. The third-order valence-electron chi connectivity index (χ3n) is 2.11. The molecule has 0 aliphatic carbocycles. The number of hydrogen-bond acceptors (Lipinski definition) is 2. The van der Waals surface area contributed by atoms with E-state index in [0.717, 1.165) is 12.3 Å². The lowest BCUT2D eigenvalue weighted by molar-refractivity contribution is 0.554. The molecule has 13 heavy (non-hydrogen) atoms. The van der Waals surface area contributed by atoms with E-state index < -0.39 is 0 Å². The van der Waals surface area contributed by atoms with E-state index in [9.17, 15) is 0 Å². The van der Waals surface area contributed by atoms with Gasteiger partial charge in [0.2, 0.25) is 0 Å². The first-order valence-corrected chi connectivity index (χ1v) is 4.69. The lowest BCUT2D eigenvalue weighted by atomic mass is 10.1. The molecule has 0 aliphatic rings. The molecule has 0 bridgehead atoms. The molecule has 0 spiro atoms. The zero-order chi connectivity index (χ0) is 9.68. The van der Waals surface area contributed by atoms with Crippen molar-refractivity contribution < 1.29 is 4.42 Å². The van der Waals surface area contributed by atoms with E-state index >= 15 is 0 Å². The highest BCUT2D eigenvalue weighted by Crippen LogP contribution is 2.09. The van der Waals surface area contributed by atoms with Crippen LogP contribution in [0.4, 0.5) is 0 Å². The van der Waals surface area contributed by atoms with Crippen LogP contribution in [0.5, 0.6) is 0 Å². The van der Waals surface area contributed by atoms with Crippen molar-refractivity contribution >= 4 is 6.08 Å². The Morgan fingerprint density at radius 1 is 1.69 bits per heavy atom. The minimum atomic E-state index is 0.412. The fourth-order valence-corrected chi connectivity index (χ4v) is 1.19. The molecule has 1 atom stereocenters. The molecule has 0 saturated heterocycles. The molecule has 0 fully saturated rings. The Hall–Kier alpha value is -1.02.